The second kappa shape index (κ2) is 10.8. The third-order valence-electron chi connectivity index (χ3n) is 5.81. The lowest BCUT2D eigenvalue weighted by atomic mass is 9.94. The number of hydrogen-bond acceptors (Lipinski definition) is 7. The number of nitrogens with one attached hydrogen (secondary N) is 1. The van der Waals surface area contributed by atoms with Crippen molar-refractivity contribution in [1.29, 1.82) is 0 Å². The highest BCUT2D eigenvalue weighted by molar-refractivity contribution is 6.30. The number of carbonyl (C=O) groups excluding carboxylic acids is 1. The van der Waals surface area contributed by atoms with E-state index in [1.165, 1.54) is 0 Å². The molecule has 0 aliphatic carbocycles. The molecule has 1 unspecified atom stereocenters. The molecule has 3 aromatic rings. The first kappa shape index (κ1) is 24.6. The zero-order chi connectivity index (χ0) is 24.9. The van der Waals surface area contributed by atoms with Crippen LogP contribution in [0, 0.1) is 0 Å². The lowest BCUT2D eigenvalue weighted by Gasteiger charge is -2.35. The molecule has 35 heavy (non-hydrogen) atoms. The Labute approximate surface area is 208 Å². The standard InChI is InChI=1S/C25H27ClN4O5/c1-15-21(24-28-23(29-35-24)17-7-5-8-18(26)13-17)22(27-25(31)30(15)11-6-12-32-2)16-9-10-19(33-3)20(14-16)34-4/h5,7-10,13-14,22H,6,11-12H2,1-4H3,(H,27,31). The summed E-state index contributed by atoms with van der Waals surface area (Å²) in [5.41, 5.74) is 2.91. The van der Waals surface area contributed by atoms with Crippen molar-refractivity contribution in [3.05, 3.63) is 64.6 Å². The van der Waals surface area contributed by atoms with Gasteiger partial charge in [0.15, 0.2) is 11.5 Å². The van der Waals surface area contributed by atoms with Crippen LogP contribution in [-0.4, -0.2) is 55.6 Å². The summed E-state index contributed by atoms with van der Waals surface area (Å²) >= 11 is 6.14. The third-order valence-corrected chi connectivity index (χ3v) is 6.04. The number of nitrogens with zero attached hydrogens (tertiary/aromatic N) is 3. The summed E-state index contributed by atoms with van der Waals surface area (Å²) in [4.78, 5) is 19.4. The summed E-state index contributed by atoms with van der Waals surface area (Å²) in [6, 6.07) is 11.9. The molecule has 0 bridgehead atoms. The zero-order valence-electron chi connectivity index (χ0n) is 20.0. The number of amides is 2. The van der Waals surface area contributed by atoms with Crippen LogP contribution in [-0.2, 0) is 4.74 Å². The summed E-state index contributed by atoms with van der Waals surface area (Å²) in [6.07, 6.45) is 0.674. The molecule has 184 valence electrons. The van der Waals surface area contributed by atoms with Gasteiger partial charge in [-0.25, -0.2) is 4.79 Å². The summed E-state index contributed by atoms with van der Waals surface area (Å²) in [5.74, 6) is 1.83. The van der Waals surface area contributed by atoms with Gasteiger partial charge >= 0.3 is 6.03 Å². The number of urea groups is 1. The minimum atomic E-state index is -0.548. The molecule has 4 rings (SSSR count). The molecule has 1 atom stereocenters. The number of allylic oxidation sites excluding steroid dienone is 1. The Hall–Kier alpha value is -3.56. The van der Waals surface area contributed by atoms with Gasteiger partial charge in [-0.05, 0) is 43.2 Å². The summed E-state index contributed by atoms with van der Waals surface area (Å²) in [7, 11) is 4.77. The molecular formula is C25H27ClN4O5. The Morgan fingerprint density at radius 3 is 2.63 bits per heavy atom. The molecular weight excluding hydrogens is 472 g/mol. The van der Waals surface area contributed by atoms with Crippen molar-refractivity contribution >= 4 is 23.2 Å². The largest absolute Gasteiger partial charge is 0.493 e. The highest BCUT2D eigenvalue weighted by atomic mass is 35.5. The maximum absolute atomic E-state index is 13.1. The predicted octanol–water partition coefficient (Wildman–Crippen LogP) is 4.94. The number of halogens is 1. The molecule has 2 aromatic carbocycles. The first-order valence-electron chi connectivity index (χ1n) is 11.1. The van der Waals surface area contributed by atoms with E-state index in [-0.39, 0.29) is 6.03 Å². The van der Waals surface area contributed by atoms with Gasteiger partial charge in [0.25, 0.3) is 5.89 Å². The van der Waals surface area contributed by atoms with Crippen LogP contribution in [0.5, 0.6) is 11.5 Å². The number of hydrogen-bond donors (Lipinski definition) is 1. The van der Waals surface area contributed by atoms with E-state index in [0.29, 0.717) is 59.1 Å². The molecule has 2 heterocycles. The molecule has 2 amide bonds. The molecule has 1 aromatic heterocycles. The molecule has 0 spiro atoms. The van der Waals surface area contributed by atoms with Gasteiger partial charge < -0.3 is 24.1 Å². The quantitative estimate of drug-likeness (QED) is 0.417. The fourth-order valence-corrected chi connectivity index (χ4v) is 4.25. The van der Waals surface area contributed by atoms with Gasteiger partial charge in [0.1, 0.15) is 0 Å². The fourth-order valence-electron chi connectivity index (χ4n) is 4.05. The Kier molecular flexibility index (Phi) is 7.57. The van der Waals surface area contributed by atoms with E-state index in [0.717, 1.165) is 11.1 Å². The van der Waals surface area contributed by atoms with Crippen LogP contribution in [0.3, 0.4) is 0 Å². The van der Waals surface area contributed by atoms with Crippen LogP contribution in [0.4, 0.5) is 4.79 Å². The van der Waals surface area contributed by atoms with Crippen LogP contribution in [0.2, 0.25) is 5.02 Å². The first-order chi connectivity index (χ1) is 17.0. The maximum atomic E-state index is 13.1. The second-order valence-electron chi connectivity index (χ2n) is 7.93. The van der Waals surface area contributed by atoms with Crippen LogP contribution in [0.1, 0.15) is 30.8 Å². The minimum absolute atomic E-state index is 0.225. The Balaban J connectivity index is 1.80. The molecule has 1 aliphatic rings. The number of aromatic nitrogens is 2. The van der Waals surface area contributed by atoms with Gasteiger partial charge in [-0.3, -0.25) is 4.90 Å². The normalized spacial score (nSPS) is 15.9. The van der Waals surface area contributed by atoms with Crippen LogP contribution in [0.25, 0.3) is 17.0 Å². The molecule has 0 radical (unpaired) electrons. The van der Waals surface area contributed by atoms with Gasteiger partial charge in [-0.2, -0.15) is 4.98 Å². The van der Waals surface area contributed by atoms with Crippen molar-refractivity contribution in [3.8, 4) is 22.9 Å². The van der Waals surface area contributed by atoms with Gasteiger partial charge in [-0.15, -0.1) is 0 Å². The molecule has 9 nitrogen and oxygen atoms in total. The maximum Gasteiger partial charge on any atom is 0.322 e. The van der Waals surface area contributed by atoms with Gasteiger partial charge in [0.05, 0.1) is 25.8 Å². The van der Waals surface area contributed by atoms with E-state index in [2.05, 4.69) is 15.5 Å². The van der Waals surface area contributed by atoms with Gasteiger partial charge in [0, 0.05) is 36.5 Å². The van der Waals surface area contributed by atoms with Crippen molar-refractivity contribution in [2.75, 3.05) is 34.5 Å². The van der Waals surface area contributed by atoms with Crippen LogP contribution in [0.15, 0.2) is 52.7 Å². The third kappa shape index (κ3) is 5.11. The van der Waals surface area contributed by atoms with Crippen molar-refractivity contribution in [2.24, 2.45) is 0 Å². The van der Waals surface area contributed by atoms with Gasteiger partial charge in [-0.1, -0.05) is 35.0 Å². The van der Waals surface area contributed by atoms with Crippen LogP contribution >= 0.6 is 11.6 Å². The molecule has 0 saturated heterocycles. The Bertz CT molecular complexity index is 1240. The fraction of sp³-hybridized carbons (Fsp3) is 0.320. The lowest BCUT2D eigenvalue weighted by molar-refractivity contribution is 0.174. The second-order valence-corrected chi connectivity index (χ2v) is 8.36. The average molecular weight is 499 g/mol. The highest BCUT2D eigenvalue weighted by Crippen LogP contribution is 2.40. The molecule has 0 saturated carbocycles. The summed E-state index contributed by atoms with van der Waals surface area (Å²) < 4.78 is 21.7. The van der Waals surface area contributed by atoms with Crippen molar-refractivity contribution in [2.45, 2.75) is 19.4 Å². The van der Waals surface area contributed by atoms with E-state index >= 15 is 0 Å². The van der Waals surface area contributed by atoms with Crippen molar-refractivity contribution in [3.63, 3.8) is 0 Å². The molecule has 0 fully saturated rings. The lowest BCUT2D eigenvalue weighted by Crippen LogP contribution is -2.46. The van der Waals surface area contributed by atoms with Crippen LogP contribution < -0.4 is 14.8 Å². The minimum Gasteiger partial charge on any atom is -0.493 e. The smallest absolute Gasteiger partial charge is 0.322 e. The zero-order valence-corrected chi connectivity index (χ0v) is 20.8. The SMILES string of the molecule is COCCCN1C(=O)NC(c2ccc(OC)c(OC)c2)C(c2nc(-c3cccc(Cl)c3)no2)=C1C. The summed E-state index contributed by atoms with van der Waals surface area (Å²) in [6.45, 7) is 2.88. The highest BCUT2D eigenvalue weighted by Gasteiger charge is 2.36. The van der Waals surface area contributed by atoms with E-state index in [1.54, 1.807) is 44.4 Å². The number of benzene rings is 2. The van der Waals surface area contributed by atoms with E-state index in [1.807, 2.05) is 31.2 Å². The number of carbonyl (C=O) groups is 1. The van der Waals surface area contributed by atoms with E-state index in [9.17, 15) is 4.79 Å². The average Bonchev–Trinajstić information content (AvgIpc) is 3.35. The Morgan fingerprint density at radius 1 is 1.11 bits per heavy atom. The first-order valence-corrected chi connectivity index (χ1v) is 11.4. The predicted molar refractivity (Wildman–Crippen MR) is 131 cm³/mol. The molecule has 1 aliphatic heterocycles. The molecule has 10 heteroatoms. The number of ether oxygens (including phenoxy) is 3. The molecule has 1 N–H and O–H groups in total. The topological polar surface area (TPSA) is 99.0 Å². The number of methoxy groups -OCH3 is 3. The Morgan fingerprint density at radius 2 is 1.91 bits per heavy atom. The number of rotatable bonds is 9. The van der Waals surface area contributed by atoms with Crippen molar-refractivity contribution in [1.82, 2.24) is 20.4 Å². The monoisotopic (exact) mass is 498 g/mol. The van der Waals surface area contributed by atoms with E-state index < -0.39 is 6.04 Å². The van der Waals surface area contributed by atoms with Crippen molar-refractivity contribution < 1.29 is 23.5 Å². The van der Waals surface area contributed by atoms with Gasteiger partial charge in [0.2, 0.25) is 5.82 Å². The van der Waals surface area contributed by atoms with E-state index in [4.69, 9.17) is 30.3 Å². The summed E-state index contributed by atoms with van der Waals surface area (Å²) in [5, 5.41) is 7.82.